The van der Waals surface area contributed by atoms with Gasteiger partial charge in [-0.05, 0) is 29.7 Å². The van der Waals surface area contributed by atoms with Gasteiger partial charge >= 0.3 is 6.03 Å². The van der Waals surface area contributed by atoms with Crippen LogP contribution >= 0.6 is 11.6 Å². The van der Waals surface area contributed by atoms with E-state index in [0.717, 1.165) is 11.1 Å². The van der Waals surface area contributed by atoms with Crippen LogP contribution in [0.5, 0.6) is 11.5 Å². The molecule has 8 heteroatoms. The summed E-state index contributed by atoms with van der Waals surface area (Å²) in [6.07, 6.45) is 0.827. The zero-order chi connectivity index (χ0) is 20.5. The van der Waals surface area contributed by atoms with Gasteiger partial charge in [0, 0.05) is 26.1 Å². The number of fused-ring (bicyclic) bond motifs is 1. The predicted octanol–water partition coefficient (Wildman–Crippen LogP) is 2.66. The van der Waals surface area contributed by atoms with E-state index >= 15 is 0 Å². The van der Waals surface area contributed by atoms with Crippen LogP contribution in [-0.4, -0.2) is 38.2 Å². The fourth-order valence-corrected chi connectivity index (χ4v) is 3.16. The zero-order valence-electron chi connectivity index (χ0n) is 16.0. The SMILES string of the molecule is O=C(CCNC(=O)NCc1ccccc1)NCCc1cc(Cl)c2c(c1)OCCO2. The topological polar surface area (TPSA) is 88.7 Å². The first-order valence-electron chi connectivity index (χ1n) is 9.52. The molecule has 1 aliphatic rings. The van der Waals surface area contributed by atoms with Gasteiger partial charge in [0.15, 0.2) is 11.5 Å². The van der Waals surface area contributed by atoms with E-state index in [1.54, 1.807) is 0 Å². The summed E-state index contributed by atoms with van der Waals surface area (Å²) in [5.41, 5.74) is 1.97. The van der Waals surface area contributed by atoms with Crippen molar-refractivity contribution >= 4 is 23.5 Å². The Morgan fingerprint density at radius 2 is 1.72 bits per heavy atom. The van der Waals surface area contributed by atoms with Gasteiger partial charge in [-0.15, -0.1) is 0 Å². The quantitative estimate of drug-likeness (QED) is 0.616. The minimum atomic E-state index is -0.299. The van der Waals surface area contributed by atoms with Gasteiger partial charge in [0.05, 0.1) is 5.02 Å². The normalized spacial score (nSPS) is 12.2. The van der Waals surface area contributed by atoms with Crippen LogP contribution in [0.15, 0.2) is 42.5 Å². The maximum Gasteiger partial charge on any atom is 0.315 e. The van der Waals surface area contributed by atoms with E-state index in [2.05, 4.69) is 16.0 Å². The maximum absolute atomic E-state index is 11.9. The number of carbonyl (C=O) groups is 2. The van der Waals surface area contributed by atoms with Crippen molar-refractivity contribution in [2.45, 2.75) is 19.4 Å². The molecule has 1 heterocycles. The van der Waals surface area contributed by atoms with Crippen LogP contribution in [0.4, 0.5) is 4.79 Å². The Hall–Kier alpha value is -2.93. The second-order valence-electron chi connectivity index (χ2n) is 6.55. The van der Waals surface area contributed by atoms with Gasteiger partial charge in [-0.1, -0.05) is 41.9 Å². The van der Waals surface area contributed by atoms with Crippen molar-refractivity contribution in [2.75, 3.05) is 26.3 Å². The second kappa shape index (κ2) is 10.6. The van der Waals surface area contributed by atoms with E-state index in [1.807, 2.05) is 42.5 Å². The van der Waals surface area contributed by atoms with Gasteiger partial charge in [0.1, 0.15) is 13.2 Å². The number of carbonyl (C=O) groups excluding carboxylic acids is 2. The van der Waals surface area contributed by atoms with Gasteiger partial charge < -0.3 is 25.4 Å². The summed E-state index contributed by atoms with van der Waals surface area (Å²) in [4.78, 5) is 23.7. The fourth-order valence-electron chi connectivity index (χ4n) is 2.87. The van der Waals surface area contributed by atoms with Gasteiger partial charge in [0.25, 0.3) is 0 Å². The molecular weight excluding hydrogens is 394 g/mol. The second-order valence-corrected chi connectivity index (χ2v) is 6.95. The summed E-state index contributed by atoms with van der Waals surface area (Å²) in [6, 6.07) is 13.0. The molecule has 29 heavy (non-hydrogen) atoms. The molecular formula is C21H24ClN3O4. The van der Waals surface area contributed by atoms with Gasteiger partial charge in [-0.3, -0.25) is 4.79 Å². The lowest BCUT2D eigenvalue weighted by molar-refractivity contribution is -0.120. The smallest absolute Gasteiger partial charge is 0.315 e. The number of nitrogens with one attached hydrogen (secondary N) is 3. The Bertz CT molecular complexity index is 845. The highest BCUT2D eigenvalue weighted by atomic mass is 35.5. The van der Waals surface area contributed by atoms with Crippen molar-refractivity contribution < 1.29 is 19.1 Å². The van der Waals surface area contributed by atoms with Crippen LogP contribution in [0.25, 0.3) is 0 Å². The van der Waals surface area contributed by atoms with Crippen LogP contribution in [-0.2, 0) is 17.8 Å². The summed E-state index contributed by atoms with van der Waals surface area (Å²) < 4.78 is 11.0. The molecule has 0 saturated heterocycles. The summed E-state index contributed by atoms with van der Waals surface area (Å²) in [5, 5.41) is 8.77. The van der Waals surface area contributed by atoms with Crippen molar-refractivity contribution in [1.82, 2.24) is 16.0 Å². The first-order valence-corrected chi connectivity index (χ1v) is 9.90. The monoisotopic (exact) mass is 417 g/mol. The fraction of sp³-hybridized carbons (Fsp3) is 0.333. The summed E-state index contributed by atoms with van der Waals surface area (Å²) in [5.74, 6) is 1.08. The Labute approximate surface area is 174 Å². The standard InChI is InChI=1S/C21H24ClN3O4/c22-17-12-16(13-18-20(17)29-11-10-28-18)6-8-23-19(26)7-9-24-21(27)25-14-15-4-2-1-3-5-15/h1-5,12-13H,6-11,14H2,(H,23,26)(H2,24,25,27). The predicted molar refractivity (Wildman–Crippen MR) is 110 cm³/mol. The van der Waals surface area contributed by atoms with Crippen LogP contribution in [0.3, 0.4) is 0 Å². The molecule has 154 valence electrons. The molecule has 3 amide bonds. The average molecular weight is 418 g/mol. The lowest BCUT2D eigenvalue weighted by atomic mass is 10.1. The van der Waals surface area contributed by atoms with E-state index in [4.69, 9.17) is 21.1 Å². The number of ether oxygens (including phenoxy) is 2. The third-order valence-corrected chi connectivity index (χ3v) is 4.61. The molecule has 0 aliphatic carbocycles. The van der Waals surface area contributed by atoms with Crippen molar-refractivity contribution in [3.63, 3.8) is 0 Å². The minimum Gasteiger partial charge on any atom is -0.486 e. The minimum absolute atomic E-state index is 0.128. The Kier molecular flexibility index (Phi) is 7.58. The molecule has 0 spiro atoms. The van der Waals surface area contributed by atoms with E-state index in [-0.39, 0.29) is 24.9 Å². The first-order chi connectivity index (χ1) is 14.1. The molecule has 2 aromatic rings. The Morgan fingerprint density at radius 1 is 0.931 bits per heavy atom. The van der Waals surface area contributed by atoms with Crippen molar-refractivity contribution in [3.05, 3.63) is 58.6 Å². The van der Waals surface area contributed by atoms with E-state index in [9.17, 15) is 9.59 Å². The molecule has 0 fully saturated rings. The largest absolute Gasteiger partial charge is 0.486 e. The molecule has 0 saturated carbocycles. The van der Waals surface area contributed by atoms with E-state index in [1.165, 1.54) is 0 Å². The van der Waals surface area contributed by atoms with Gasteiger partial charge in [-0.25, -0.2) is 4.79 Å². The molecule has 0 aromatic heterocycles. The molecule has 0 atom stereocenters. The van der Waals surface area contributed by atoms with Crippen molar-refractivity contribution in [2.24, 2.45) is 0 Å². The van der Waals surface area contributed by atoms with Gasteiger partial charge in [-0.2, -0.15) is 0 Å². The van der Waals surface area contributed by atoms with Gasteiger partial charge in [0.2, 0.25) is 5.91 Å². The average Bonchev–Trinajstić information content (AvgIpc) is 2.73. The third kappa shape index (κ3) is 6.57. The zero-order valence-corrected chi connectivity index (χ0v) is 16.8. The van der Waals surface area contributed by atoms with Crippen LogP contribution < -0.4 is 25.4 Å². The summed E-state index contributed by atoms with van der Waals surface area (Å²) in [7, 11) is 0. The molecule has 3 rings (SSSR count). The Morgan fingerprint density at radius 3 is 2.55 bits per heavy atom. The maximum atomic E-state index is 11.9. The Balaban J connectivity index is 1.31. The van der Waals surface area contributed by atoms with Crippen molar-refractivity contribution in [1.29, 1.82) is 0 Å². The lowest BCUT2D eigenvalue weighted by Crippen LogP contribution is -2.37. The number of rotatable bonds is 8. The molecule has 2 aromatic carbocycles. The highest BCUT2D eigenvalue weighted by Crippen LogP contribution is 2.38. The van der Waals surface area contributed by atoms with E-state index < -0.39 is 0 Å². The molecule has 7 nitrogen and oxygen atoms in total. The molecule has 0 unspecified atom stereocenters. The first kappa shape index (κ1) is 20.8. The summed E-state index contributed by atoms with van der Waals surface area (Å²) >= 11 is 6.21. The molecule has 3 N–H and O–H groups in total. The van der Waals surface area contributed by atoms with Crippen LogP contribution in [0.1, 0.15) is 17.5 Å². The number of amides is 3. The lowest BCUT2D eigenvalue weighted by Gasteiger charge is -2.20. The molecule has 1 aliphatic heterocycles. The van der Waals surface area contributed by atoms with Crippen molar-refractivity contribution in [3.8, 4) is 11.5 Å². The number of urea groups is 1. The number of hydrogen-bond donors (Lipinski definition) is 3. The number of hydrogen-bond acceptors (Lipinski definition) is 4. The number of benzene rings is 2. The third-order valence-electron chi connectivity index (χ3n) is 4.33. The summed E-state index contributed by atoms with van der Waals surface area (Å²) in [6.45, 7) is 2.16. The number of halogens is 1. The van der Waals surface area contributed by atoms with Crippen LogP contribution in [0, 0.1) is 0 Å². The molecule has 0 bridgehead atoms. The van der Waals surface area contributed by atoms with Crippen LogP contribution in [0.2, 0.25) is 5.02 Å². The molecule has 0 radical (unpaired) electrons. The highest BCUT2D eigenvalue weighted by Gasteiger charge is 2.16. The van der Waals surface area contributed by atoms with E-state index in [0.29, 0.717) is 49.2 Å². The highest BCUT2D eigenvalue weighted by molar-refractivity contribution is 6.32.